The van der Waals surface area contributed by atoms with Gasteiger partial charge in [0.1, 0.15) is 0 Å². The minimum absolute atomic E-state index is 0.0450. The number of rotatable bonds is 9. The van der Waals surface area contributed by atoms with E-state index in [-0.39, 0.29) is 11.7 Å². The highest BCUT2D eigenvalue weighted by Gasteiger charge is 2.30. The third kappa shape index (κ3) is 9.19. The molecule has 0 aliphatic heterocycles. The lowest BCUT2D eigenvalue weighted by Gasteiger charge is -2.19. The van der Waals surface area contributed by atoms with Gasteiger partial charge in [0.15, 0.2) is 9.84 Å². The average Bonchev–Trinajstić information content (AvgIpc) is 2.74. The van der Waals surface area contributed by atoms with E-state index in [9.17, 15) is 21.4 Å². The predicted octanol–water partition coefficient (Wildman–Crippen LogP) is -0.381. The Morgan fingerprint density at radius 3 is 2.23 bits per heavy atom. The zero-order chi connectivity index (χ0) is 17.0. The van der Waals surface area contributed by atoms with Gasteiger partial charge in [-0.3, -0.25) is 4.52 Å². The van der Waals surface area contributed by atoms with Gasteiger partial charge in [-0.05, 0) is 18.8 Å². The highest BCUT2D eigenvalue weighted by Crippen LogP contribution is 2.38. The minimum Gasteiger partial charge on any atom is -0.303 e. The van der Waals surface area contributed by atoms with Crippen LogP contribution < -0.4 is 4.72 Å². The zero-order valence-electron chi connectivity index (χ0n) is 12.2. The molecule has 0 aromatic heterocycles. The first kappa shape index (κ1) is 20.0. The first-order valence-corrected chi connectivity index (χ1v) is 12.0. The Hall–Kier alpha value is -0.0300. The fourth-order valence-corrected chi connectivity index (χ4v) is 5.52. The first-order chi connectivity index (χ1) is 9.86. The van der Waals surface area contributed by atoms with Crippen LogP contribution in [0.2, 0.25) is 0 Å². The summed E-state index contributed by atoms with van der Waals surface area (Å²) < 4.78 is 63.6. The van der Waals surface area contributed by atoms with E-state index in [0.29, 0.717) is 0 Å². The van der Waals surface area contributed by atoms with Gasteiger partial charge in [-0.1, -0.05) is 12.8 Å². The van der Waals surface area contributed by atoms with Crippen LogP contribution in [0.25, 0.3) is 0 Å². The lowest BCUT2D eigenvalue weighted by atomic mass is 10.1. The Bertz CT molecular complexity index is 605. The van der Waals surface area contributed by atoms with Crippen molar-refractivity contribution in [2.75, 3.05) is 24.3 Å². The average molecular weight is 379 g/mol. The van der Waals surface area contributed by atoms with Gasteiger partial charge in [0.2, 0.25) is 10.0 Å². The number of nitrogens with one attached hydrogen (secondary N) is 1. The van der Waals surface area contributed by atoms with Crippen LogP contribution in [0.15, 0.2) is 0 Å². The molecule has 1 saturated carbocycles. The number of phosphoric acid groups is 1. The number of hydrogen-bond donors (Lipinski definition) is 3. The van der Waals surface area contributed by atoms with Gasteiger partial charge < -0.3 is 9.79 Å². The molecule has 1 aliphatic rings. The van der Waals surface area contributed by atoms with Crippen LogP contribution in [0.5, 0.6) is 0 Å². The summed E-state index contributed by atoms with van der Waals surface area (Å²) in [7, 11) is -12.2. The topological polar surface area (TPSA) is 147 Å². The van der Waals surface area contributed by atoms with Gasteiger partial charge in [-0.15, -0.1) is 0 Å². The van der Waals surface area contributed by atoms with Crippen molar-refractivity contribution in [2.24, 2.45) is 5.92 Å². The van der Waals surface area contributed by atoms with Crippen molar-refractivity contribution in [1.82, 2.24) is 4.72 Å². The minimum atomic E-state index is -4.92. The second-order valence-electron chi connectivity index (χ2n) is 5.57. The quantitative estimate of drug-likeness (QED) is 0.459. The van der Waals surface area contributed by atoms with Gasteiger partial charge in [0.25, 0.3) is 0 Å². The molecule has 1 fully saturated rings. The van der Waals surface area contributed by atoms with E-state index in [4.69, 9.17) is 9.79 Å². The third-order valence-electron chi connectivity index (χ3n) is 3.26. The Labute approximate surface area is 130 Å². The van der Waals surface area contributed by atoms with Crippen molar-refractivity contribution in [3.63, 3.8) is 0 Å². The predicted molar refractivity (Wildman–Crippen MR) is 80.4 cm³/mol. The molecular weight excluding hydrogens is 357 g/mol. The Balaban J connectivity index is 2.70. The molecule has 0 spiro atoms. The van der Waals surface area contributed by atoms with E-state index in [1.807, 2.05) is 4.72 Å². The molecule has 0 bridgehead atoms. The molecule has 132 valence electrons. The smallest absolute Gasteiger partial charge is 0.303 e. The van der Waals surface area contributed by atoms with E-state index < -0.39 is 46.1 Å². The van der Waals surface area contributed by atoms with Crippen LogP contribution in [0.4, 0.5) is 0 Å². The molecule has 1 atom stereocenters. The molecule has 3 N–H and O–H groups in total. The summed E-state index contributed by atoms with van der Waals surface area (Å²) in [6.45, 7) is -0.520. The van der Waals surface area contributed by atoms with Crippen molar-refractivity contribution < 1.29 is 35.7 Å². The summed E-state index contributed by atoms with van der Waals surface area (Å²) in [4.78, 5) is 17.6. The second-order valence-corrected chi connectivity index (χ2v) is 10.7. The van der Waals surface area contributed by atoms with Gasteiger partial charge in [0.05, 0.1) is 23.9 Å². The summed E-state index contributed by atoms with van der Waals surface area (Å²) >= 11 is 0. The van der Waals surface area contributed by atoms with Crippen LogP contribution in [-0.4, -0.2) is 57.0 Å². The standard InChI is InChI=1S/C10H22NO8PS2/c1-21(15,16)11-6-10(19-20(12,13)14)8-22(17,18)7-9-4-2-3-5-9/h9-11H,2-8H2,1H3,(H2,12,13,14). The molecule has 1 rings (SSSR count). The van der Waals surface area contributed by atoms with Crippen molar-refractivity contribution in [3.05, 3.63) is 0 Å². The molecule has 22 heavy (non-hydrogen) atoms. The van der Waals surface area contributed by atoms with E-state index in [2.05, 4.69) is 4.52 Å². The molecule has 0 heterocycles. The van der Waals surface area contributed by atoms with Gasteiger partial charge in [0, 0.05) is 6.54 Å². The van der Waals surface area contributed by atoms with Crippen LogP contribution in [0.1, 0.15) is 25.7 Å². The maximum absolute atomic E-state index is 12.1. The van der Waals surface area contributed by atoms with E-state index in [0.717, 1.165) is 31.9 Å². The molecule has 0 aromatic carbocycles. The number of sulfone groups is 1. The van der Waals surface area contributed by atoms with Crippen LogP contribution in [0, 0.1) is 5.92 Å². The maximum Gasteiger partial charge on any atom is 0.469 e. The molecule has 1 unspecified atom stereocenters. The zero-order valence-corrected chi connectivity index (χ0v) is 14.7. The van der Waals surface area contributed by atoms with Crippen molar-refractivity contribution in [2.45, 2.75) is 31.8 Å². The SMILES string of the molecule is CS(=O)(=O)NCC(CS(=O)(=O)CC1CCCC1)OP(=O)(O)O. The van der Waals surface area contributed by atoms with E-state index in [1.54, 1.807) is 0 Å². The molecule has 0 saturated heterocycles. The summed E-state index contributed by atoms with van der Waals surface area (Å²) in [6.07, 6.45) is 2.97. The molecule has 0 amide bonds. The third-order valence-corrected chi connectivity index (χ3v) is 6.39. The summed E-state index contributed by atoms with van der Waals surface area (Å²) in [6, 6.07) is 0. The lowest BCUT2D eigenvalue weighted by molar-refractivity contribution is 0.148. The van der Waals surface area contributed by atoms with Crippen molar-refractivity contribution >= 4 is 27.7 Å². The van der Waals surface area contributed by atoms with Crippen molar-refractivity contribution in [3.8, 4) is 0 Å². The summed E-state index contributed by atoms with van der Waals surface area (Å²) in [5.41, 5.74) is 0. The Morgan fingerprint density at radius 1 is 1.23 bits per heavy atom. The normalized spacial score (nSPS) is 19.4. The van der Waals surface area contributed by atoms with Crippen LogP contribution >= 0.6 is 7.82 Å². The molecule has 12 heteroatoms. The molecule has 0 aromatic rings. The maximum atomic E-state index is 12.1. The molecular formula is C10H22NO8PS2. The number of sulfonamides is 1. The Morgan fingerprint density at radius 2 is 1.77 bits per heavy atom. The van der Waals surface area contributed by atoms with Gasteiger partial charge >= 0.3 is 7.82 Å². The lowest BCUT2D eigenvalue weighted by Crippen LogP contribution is -2.37. The number of hydrogen-bond acceptors (Lipinski definition) is 6. The monoisotopic (exact) mass is 379 g/mol. The van der Waals surface area contributed by atoms with E-state index >= 15 is 0 Å². The van der Waals surface area contributed by atoms with Crippen LogP contribution in [-0.2, 0) is 28.9 Å². The van der Waals surface area contributed by atoms with Crippen molar-refractivity contribution in [1.29, 1.82) is 0 Å². The fraction of sp³-hybridized carbons (Fsp3) is 1.00. The van der Waals surface area contributed by atoms with Crippen LogP contribution in [0.3, 0.4) is 0 Å². The summed E-state index contributed by atoms with van der Waals surface area (Å²) in [5, 5.41) is 0. The number of phosphoric ester groups is 1. The fourth-order valence-electron chi connectivity index (χ4n) is 2.45. The largest absolute Gasteiger partial charge is 0.469 e. The summed E-state index contributed by atoms with van der Waals surface area (Å²) in [5.74, 6) is -0.673. The molecule has 0 radical (unpaired) electrons. The van der Waals surface area contributed by atoms with E-state index in [1.165, 1.54) is 0 Å². The second kappa shape index (κ2) is 7.69. The molecule has 1 aliphatic carbocycles. The first-order valence-electron chi connectivity index (χ1n) is 6.75. The highest BCUT2D eigenvalue weighted by atomic mass is 32.2. The van der Waals surface area contributed by atoms with Gasteiger partial charge in [-0.2, -0.15) is 0 Å². The molecule has 9 nitrogen and oxygen atoms in total. The Kier molecular flexibility index (Phi) is 7.00. The van der Waals surface area contributed by atoms with Gasteiger partial charge in [-0.25, -0.2) is 26.1 Å². The highest BCUT2D eigenvalue weighted by molar-refractivity contribution is 7.91.